The molecule has 0 aliphatic heterocycles. The highest BCUT2D eigenvalue weighted by Crippen LogP contribution is 2.37. The van der Waals surface area contributed by atoms with Gasteiger partial charge in [0.2, 0.25) is 0 Å². The van der Waals surface area contributed by atoms with Crippen molar-refractivity contribution >= 4 is 17.2 Å². The second-order valence-electron chi connectivity index (χ2n) is 5.20. The van der Waals surface area contributed by atoms with Gasteiger partial charge in [-0.1, -0.05) is 12.8 Å². The standard InChI is InChI=1S/C14H23N3OS/c1-10-12(13(18)16-9-5-4-8-15)19-14(17-10)11-6-2-3-7-11/h11H,2-9,15H2,1H3,(H,16,18). The summed E-state index contributed by atoms with van der Waals surface area (Å²) < 4.78 is 0. The Hall–Kier alpha value is -0.940. The van der Waals surface area contributed by atoms with Crippen molar-refractivity contribution in [3.8, 4) is 0 Å². The highest BCUT2D eigenvalue weighted by Gasteiger charge is 2.23. The lowest BCUT2D eigenvalue weighted by Crippen LogP contribution is -2.24. The minimum Gasteiger partial charge on any atom is -0.351 e. The Labute approximate surface area is 118 Å². The third-order valence-corrected chi connectivity index (χ3v) is 4.96. The molecule has 4 nitrogen and oxygen atoms in total. The molecule has 1 aromatic rings. The Kier molecular flexibility index (Phi) is 5.34. The SMILES string of the molecule is Cc1nc(C2CCCC2)sc1C(=O)NCCCCN. The molecule has 1 saturated carbocycles. The molecule has 5 heteroatoms. The molecule has 106 valence electrons. The number of hydrogen-bond donors (Lipinski definition) is 2. The van der Waals surface area contributed by atoms with Crippen molar-refractivity contribution in [3.63, 3.8) is 0 Å². The number of nitrogens with one attached hydrogen (secondary N) is 1. The summed E-state index contributed by atoms with van der Waals surface area (Å²) >= 11 is 1.58. The first-order valence-corrected chi connectivity index (χ1v) is 7.99. The Morgan fingerprint density at radius 2 is 2.16 bits per heavy atom. The molecule has 1 fully saturated rings. The first-order chi connectivity index (χ1) is 9.22. The van der Waals surface area contributed by atoms with Gasteiger partial charge in [0.1, 0.15) is 4.88 Å². The van der Waals surface area contributed by atoms with Gasteiger partial charge in [0.25, 0.3) is 5.91 Å². The molecular weight excluding hydrogens is 258 g/mol. The van der Waals surface area contributed by atoms with Crippen LogP contribution in [0, 0.1) is 6.92 Å². The maximum Gasteiger partial charge on any atom is 0.263 e. The van der Waals surface area contributed by atoms with E-state index in [1.54, 1.807) is 11.3 Å². The molecule has 1 aromatic heterocycles. The van der Waals surface area contributed by atoms with E-state index in [9.17, 15) is 4.79 Å². The van der Waals surface area contributed by atoms with Gasteiger partial charge in [-0.3, -0.25) is 4.79 Å². The zero-order valence-corrected chi connectivity index (χ0v) is 12.4. The first kappa shape index (κ1) is 14.5. The lowest BCUT2D eigenvalue weighted by molar-refractivity contribution is 0.0956. The predicted octanol–water partition coefficient (Wildman–Crippen LogP) is 2.58. The van der Waals surface area contributed by atoms with Gasteiger partial charge in [-0.2, -0.15) is 0 Å². The average molecular weight is 281 g/mol. The minimum atomic E-state index is 0.0243. The summed E-state index contributed by atoms with van der Waals surface area (Å²) in [7, 11) is 0. The molecule has 0 bridgehead atoms. The molecule has 3 N–H and O–H groups in total. The molecular formula is C14H23N3OS. The molecule has 2 rings (SSSR count). The van der Waals surface area contributed by atoms with Crippen LogP contribution in [0.4, 0.5) is 0 Å². The number of thiazole rings is 1. The summed E-state index contributed by atoms with van der Waals surface area (Å²) in [4.78, 5) is 17.5. The van der Waals surface area contributed by atoms with Crippen molar-refractivity contribution in [2.24, 2.45) is 5.73 Å². The van der Waals surface area contributed by atoms with Gasteiger partial charge in [-0.15, -0.1) is 11.3 Å². The molecule has 1 heterocycles. The van der Waals surface area contributed by atoms with Gasteiger partial charge >= 0.3 is 0 Å². The summed E-state index contributed by atoms with van der Waals surface area (Å²) in [5.74, 6) is 0.610. The number of carbonyl (C=O) groups excluding carboxylic acids is 1. The van der Waals surface area contributed by atoms with Gasteiger partial charge in [-0.25, -0.2) is 4.98 Å². The predicted molar refractivity (Wildman–Crippen MR) is 78.7 cm³/mol. The Balaban J connectivity index is 1.93. The number of hydrogen-bond acceptors (Lipinski definition) is 4. The minimum absolute atomic E-state index is 0.0243. The van der Waals surface area contributed by atoms with E-state index in [4.69, 9.17) is 5.73 Å². The molecule has 0 atom stereocenters. The summed E-state index contributed by atoms with van der Waals surface area (Å²) in [6, 6.07) is 0. The summed E-state index contributed by atoms with van der Waals surface area (Å²) in [6.07, 6.45) is 6.94. The molecule has 0 unspecified atom stereocenters. The van der Waals surface area contributed by atoms with E-state index in [2.05, 4.69) is 10.3 Å². The van der Waals surface area contributed by atoms with Crippen LogP contribution in [-0.4, -0.2) is 24.0 Å². The maximum atomic E-state index is 12.1. The van der Waals surface area contributed by atoms with E-state index in [1.807, 2.05) is 6.92 Å². The van der Waals surface area contributed by atoms with Crippen LogP contribution in [0.1, 0.15) is 64.8 Å². The van der Waals surface area contributed by atoms with Crippen molar-refractivity contribution in [2.45, 2.75) is 51.4 Å². The number of rotatable bonds is 6. The van der Waals surface area contributed by atoms with Crippen LogP contribution in [0.15, 0.2) is 0 Å². The molecule has 1 amide bonds. The smallest absolute Gasteiger partial charge is 0.263 e. The van der Waals surface area contributed by atoms with Crippen molar-refractivity contribution < 1.29 is 4.79 Å². The number of unbranched alkanes of at least 4 members (excludes halogenated alkanes) is 1. The molecule has 0 saturated heterocycles. The van der Waals surface area contributed by atoms with E-state index in [-0.39, 0.29) is 5.91 Å². The molecule has 0 spiro atoms. The number of aryl methyl sites for hydroxylation is 1. The number of amides is 1. The van der Waals surface area contributed by atoms with Crippen molar-refractivity contribution in [3.05, 3.63) is 15.6 Å². The zero-order valence-electron chi connectivity index (χ0n) is 11.6. The van der Waals surface area contributed by atoms with Crippen LogP contribution in [-0.2, 0) is 0 Å². The first-order valence-electron chi connectivity index (χ1n) is 7.18. The van der Waals surface area contributed by atoms with Crippen molar-refractivity contribution in [2.75, 3.05) is 13.1 Å². The van der Waals surface area contributed by atoms with Crippen LogP contribution in [0.5, 0.6) is 0 Å². The van der Waals surface area contributed by atoms with Crippen LogP contribution < -0.4 is 11.1 Å². The fraction of sp³-hybridized carbons (Fsp3) is 0.714. The normalized spacial score (nSPS) is 15.9. The summed E-state index contributed by atoms with van der Waals surface area (Å²) in [6.45, 7) is 3.32. The third kappa shape index (κ3) is 3.76. The fourth-order valence-corrected chi connectivity index (χ4v) is 3.68. The molecule has 0 radical (unpaired) electrons. The quantitative estimate of drug-likeness (QED) is 0.787. The Morgan fingerprint density at radius 1 is 1.42 bits per heavy atom. The van der Waals surface area contributed by atoms with Crippen LogP contribution >= 0.6 is 11.3 Å². The van der Waals surface area contributed by atoms with E-state index in [0.29, 0.717) is 19.0 Å². The monoisotopic (exact) mass is 281 g/mol. The van der Waals surface area contributed by atoms with Crippen molar-refractivity contribution in [1.29, 1.82) is 0 Å². The zero-order chi connectivity index (χ0) is 13.7. The number of aromatic nitrogens is 1. The highest BCUT2D eigenvalue weighted by molar-refractivity contribution is 7.13. The van der Waals surface area contributed by atoms with Gasteiger partial charge in [-0.05, 0) is 39.2 Å². The number of nitrogens with two attached hydrogens (primary N) is 1. The van der Waals surface area contributed by atoms with Crippen LogP contribution in [0.2, 0.25) is 0 Å². The second-order valence-corrected chi connectivity index (χ2v) is 6.23. The van der Waals surface area contributed by atoms with E-state index in [0.717, 1.165) is 28.4 Å². The highest BCUT2D eigenvalue weighted by atomic mass is 32.1. The fourth-order valence-electron chi connectivity index (χ4n) is 2.53. The lowest BCUT2D eigenvalue weighted by Gasteiger charge is -2.03. The maximum absolute atomic E-state index is 12.1. The summed E-state index contributed by atoms with van der Waals surface area (Å²) in [5.41, 5.74) is 6.31. The van der Waals surface area contributed by atoms with Gasteiger partial charge < -0.3 is 11.1 Å². The Bertz CT molecular complexity index is 424. The van der Waals surface area contributed by atoms with Gasteiger partial charge in [0.15, 0.2) is 0 Å². The molecule has 1 aliphatic rings. The summed E-state index contributed by atoms with van der Waals surface area (Å²) in [5, 5.41) is 4.11. The van der Waals surface area contributed by atoms with Crippen LogP contribution in [0.25, 0.3) is 0 Å². The van der Waals surface area contributed by atoms with E-state index >= 15 is 0 Å². The average Bonchev–Trinajstić information content (AvgIpc) is 3.03. The van der Waals surface area contributed by atoms with Crippen molar-refractivity contribution in [1.82, 2.24) is 10.3 Å². The molecule has 19 heavy (non-hydrogen) atoms. The largest absolute Gasteiger partial charge is 0.351 e. The van der Waals surface area contributed by atoms with Gasteiger partial charge in [0, 0.05) is 12.5 Å². The van der Waals surface area contributed by atoms with E-state index in [1.165, 1.54) is 25.7 Å². The number of nitrogens with zero attached hydrogens (tertiary/aromatic N) is 1. The van der Waals surface area contributed by atoms with Gasteiger partial charge in [0.05, 0.1) is 10.7 Å². The molecule has 0 aromatic carbocycles. The second kappa shape index (κ2) is 7.01. The third-order valence-electron chi connectivity index (χ3n) is 3.64. The van der Waals surface area contributed by atoms with Crippen LogP contribution in [0.3, 0.4) is 0 Å². The molecule has 1 aliphatic carbocycles. The Morgan fingerprint density at radius 3 is 2.84 bits per heavy atom. The van der Waals surface area contributed by atoms with E-state index < -0.39 is 0 Å². The lowest BCUT2D eigenvalue weighted by atomic mass is 10.1. The topological polar surface area (TPSA) is 68.0 Å². The number of carbonyl (C=O) groups is 1.